The molecule has 1 aliphatic carbocycles. The van der Waals surface area contributed by atoms with E-state index in [1.807, 2.05) is 6.08 Å². The number of allylic oxidation sites excluding steroid dienone is 1. The van der Waals surface area contributed by atoms with Gasteiger partial charge >= 0.3 is 0 Å². The molecule has 1 saturated carbocycles. The highest BCUT2D eigenvalue weighted by Gasteiger charge is 2.46. The lowest BCUT2D eigenvalue weighted by atomic mass is 9.62. The van der Waals surface area contributed by atoms with Gasteiger partial charge in [0.15, 0.2) is 0 Å². The lowest BCUT2D eigenvalue weighted by molar-refractivity contribution is -0.0477. The number of rotatable bonds is 2. The van der Waals surface area contributed by atoms with Crippen LogP contribution in [0, 0.1) is 17.8 Å². The molecule has 0 aliphatic heterocycles. The molecule has 0 spiro atoms. The fourth-order valence-electron chi connectivity index (χ4n) is 3.05. The molecule has 0 aromatic rings. The van der Waals surface area contributed by atoms with Gasteiger partial charge in [-0.2, -0.15) is 0 Å². The highest BCUT2D eigenvalue weighted by Crippen LogP contribution is 2.46. The summed E-state index contributed by atoms with van der Waals surface area (Å²) in [5, 5.41) is 11.1. The van der Waals surface area contributed by atoms with E-state index in [-0.39, 0.29) is 5.92 Å². The zero-order valence-electron chi connectivity index (χ0n) is 11.4. The first-order valence-corrected chi connectivity index (χ1v) is 6.37. The predicted octanol–water partition coefficient (Wildman–Crippen LogP) is 3.94. The van der Waals surface area contributed by atoms with Crippen molar-refractivity contribution in [3.8, 4) is 0 Å². The van der Waals surface area contributed by atoms with Crippen LogP contribution in [0.25, 0.3) is 0 Å². The largest absolute Gasteiger partial charge is 0.385 e. The molecule has 1 rings (SSSR count). The van der Waals surface area contributed by atoms with Crippen LogP contribution in [-0.2, 0) is 0 Å². The van der Waals surface area contributed by atoms with Crippen LogP contribution in [0.15, 0.2) is 23.8 Å². The minimum atomic E-state index is -0.682. The Balaban J connectivity index is 3.23. The summed E-state index contributed by atoms with van der Waals surface area (Å²) in [6.07, 6.45) is 4.11. The maximum Gasteiger partial charge on any atom is 0.0946 e. The predicted molar refractivity (Wildman–Crippen MR) is 70.2 cm³/mol. The Bertz CT molecular complexity index is 299. The van der Waals surface area contributed by atoms with Crippen LogP contribution in [-0.4, -0.2) is 10.7 Å². The molecule has 0 bridgehead atoms. The Labute approximate surface area is 100 Å². The van der Waals surface area contributed by atoms with Gasteiger partial charge < -0.3 is 5.11 Å². The van der Waals surface area contributed by atoms with Crippen molar-refractivity contribution < 1.29 is 5.11 Å². The van der Waals surface area contributed by atoms with E-state index in [9.17, 15) is 5.11 Å². The second-order valence-electron chi connectivity index (χ2n) is 5.63. The van der Waals surface area contributed by atoms with Gasteiger partial charge in [-0.3, -0.25) is 0 Å². The van der Waals surface area contributed by atoms with Gasteiger partial charge in [-0.05, 0) is 44.1 Å². The summed E-state index contributed by atoms with van der Waals surface area (Å²) < 4.78 is 0. The van der Waals surface area contributed by atoms with Gasteiger partial charge in [0.1, 0.15) is 0 Å². The first kappa shape index (κ1) is 13.5. The topological polar surface area (TPSA) is 20.2 Å². The third-order valence-corrected chi connectivity index (χ3v) is 4.53. The van der Waals surface area contributed by atoms with Crippen LogP contribution < -0.4 is 0 Å². The molecule has 0 aromatic carbocycles. The van der Waals surface area contributed by atoms with Crippen LogP contribution in [0.5, 0.6) is 0 Å². The lowest BCUT2D eigenvalue weighted by Crippen LogP contribution is -2.49. The summed E-state index contributed by atoms with van der Waals surface area (Å²) in [4.78, 5) is 0. The second-order valence-corrected chi connectivity index (χ2v) is 5.63. The van der Waals surface area contributed by atoms with Crippen LogP contribution in [0.4, 0.5) is 0 Å². The smallest absolute Gasteiger partial charge is 0.0946 e. The van der Waals surface area contributed by atoms with Crippen molar-refractivity contribution in [3.63, 3.8) is 0 Å². The van der Waals surface area contributed by atoms with Gasteiger partial charge in [-0.1, -0.05) is 32.4 Å². The molecule has 0 radical (unpaired) electrons. The standard InChI is InChI=1S/C15H26O/c1-7-12(5)15(16)13(6)11(4)8-9-14(15)10(2)3/h7,11-13,16H,1,8-9H2,2-6H3/t11-,12-,13+,15-/m1/s1. The zero-order chi connectivity index (χ0) is 12.5. The third-order valence-electron chi connectivity index (χ3n) is 4.53. The molecule has 16 heavy (non-hydrogen) atoms. The van der Waals surface area contributed by atoms with Crippen molar-refractivity contribution in [1.82, 2.24) is 0 Å². The summed E-state index contributed by atoms with van der Waals surface area (Å²) in [5.41, 5.74) is 1.83. The van der Waals surface area contributed by atoms with Crippen LogP contribution >= 0.6 is 0 Å². The Morgan fingerprint density at radius 3 is 2.50 bits per heavy atom. The molecule has 0 aromatic heterocycles. The Kier molecular flexibility index (Phi) is 4.01. The van der Waals surface area contributed by atoms with E-state index < -0.39 is 5.60 Å². The zero-order valence-corrected chi connectivity index (χ0v) is 11.4. The minimum absolute atomic E-state index is 0.121. The van der Waals surface area contributed by atoms with E-state index in [4.69, 9.17) is 0 Å². The van der Waals surface area contributed by atoms with Gasteiger partial charge in [0.2, 0.25) is 0 Å². The maximum atomic E-state index is 11.1. The molecular formula is C15H26O. The van der Waals surface area contributed by atoms with E-state index in [0.717, 1.165) is 6.42 Å². The Hall–Kier alpha value is -0.560. The van der Waals surface area contributed by atoms with Crippen LogP contribution in [0.2, 0.25) is 0 Å². The van der Waals surface area contributed by atoms with E-state index >= 15 is 0 Å². The van der Waals surface area contributed by atoms with Crippen molar-refractivity contribution in [2.24, 2.45) is 17.8 Å². The van der Waals surface area contributed by atoms with E-state index in [0.29, 0.717) is 11.8 Å². The van der Waals surface area contributed by atoms with Crippen molar-refractivity contribution in [1.29, 1.82) is 0 Å². The SMILES string of the molecule is C=C[C@@H](C)[C@]1(O)C(=C(C)C)CC[C@@H](C)[C@@H]1C. The van der Waals surface area contributed by atoms with E-state index in [2.05, 4.69) is 41.2 Å². The summed E-state index contributed by atoms with van der Waals surface area (Å²) in [6.45, 7) is 14.6. The van der Waals surface area contributed by atoms with E-state index in [1.54, 1.807) is 0 Å². The first-order chi connectivity index (χ1) is 7.35. The molecule has 1 N–H and O–H groups in total. The second kappa shape index (κ2) is 4.75. The molecule has 0 heterocycles. The molecule has 1 nitrogen and oxygen atoms in total. The van der Waals surface area contributed by atoms with E-state index in [1.165, 1.54) is 17.6 Å². The minimum Gasteiger partial charge on any atom is -0.385 e. The third kappa shape index (κ3) is 1.98. The highest BCUT2D eigenvalue weighted by atomic mass is 16.3. The quantitative estimate of drug-likeness (QED) is 0.702. The summed E-state index contributed by atoms with van der Waals surface area (Å²) in [7, 11) is 0. The van der Waals surface area contributed by atoms with Crippen molar-refractivity contribution in [2.75, 3.05) is 0 Å². The van der Waals surface area contributed by atoms with Crippen LogP contribution in [0.3, 0.4) is 0 Å². The molecular weight excluding hydrogens is 196 g/mol. The van der Waals surface area contributed by atoms with Gasteiger partial charge in [-0.25, -0.2) is 0 Å². The molecule has 0 amide bonds. The normalized spacial score (nSPS) is 37.0. The van der Waals surface area contributed by atoms with Crippen molar-refractivity contribution in [3.05, 3.63) is 23.8 Å². The lowest BCUT2D eigenvalue weighted by Gasteiger charge is -2.47. The van der Waals surface area contributed by atoms with Gasteiger partial charge in [0.25, 0.3) is 0 Å². The maximum absolute atomic E-state index is 11.1. The average Bonchev–Trinajstić information content (AvgIpc) is 2.24. The molecule has 92 valence electrons. The number of aliphatic hydroxyl groups is 1. The van der Waals surface area contributed by atoms with Gasteiger partial charge in [0, 0.05) is 5.92 Å². The van der Waals surface area contributed by atoms with Crippen molar-refractivity contribution >= 4 is 0 Å². The molecule has 0 saturated heterocycles. The Morgan fingerprint density at radius 1 is 1.50 bits per heavy atom. The van der Waals surface area contributed by atoms with Crippen molar-refractivity contribution in [2.45, 2.75) is 53.1 Å². The number of hydrogen-bond acceptors (Lipinski definition) is 1. The molecule has 4 atom stereocenters. The monoisotopic (exact) mass is 222 g/mol. The molecule has 0 unspecified atom stereocenters. The van der Waals surface area contributed by atoms with Crippen LogP contribution in [0.1, 0.15) is 47.5 Å². The fraction of sp³-hybridized carbons (Fsp3) is 0.733. The fourth-order valence-corrected chi connectivity index (χ4v) is 3.05. The summed E-state index contributed by atoms with van der Waals surface area (Å²) >= 11 is 0. The van der Waals surface area contributed by atoms with Gasteiger partial charge in [-0.15, -0.1) is 6.58 Å². The first-order valence-electron chi connectivity index (χ1n) is 6.37. The summed E-state index contributed by atoms with van der Waals surface area (Å²) in [6, 6.07) is 0. The summed E-state index contributed by atoms with van der Waals surface area (Å²) in [5.74, 6) is 1.00. The highest BCUT2D eigenvalue weighted by molar-refractivity contribution is 5.28. The molecule has 1 heteroatoms. The number of hydrogen-bond donors (Lipinski definition) is 1. The molecule has 1 aliphatic rings. The Morgan fingerprint density at radius 2 is 2.06 bits per heavy atom. The molecule has 1 fully saturated rings. The van der Waals surface area contributed by atoms with Gasteiger partial charge in [0.05, 0.1) is 5.60 Å². The average molecular weight is 222 g/mol.